The molecular weight excluding hydrogens is 217 g/mol. The Balaban J connectivity index is 2.92. The fraction of sp³-hybridized carbons (Fsp3) is 0.500. The fourth-order valence-corrected chi connectivity index (χ4v) is 1.70. The summed E-state index contributed by atoms with van der Waals surface area (Å²) in [5.41, 5.74) is 1.26. The second-order valence-electron chi connectivity index (χ2n) is 4.82. The molecule has 0 saturated carbocycles. The molecule has 0 fully saturated rings. The van der Waals surface area contributed by atoms with E-state index in [0.717, 1.165) is 18.7 Å². The molecule has 0 heterocycles. The van der Waals surface area contributed by atoms with E-state index in [1.165, 1.54) is 19.1 Å². The molecule has 1 aromatic rings. The average Bonchev–Trinajstić information content (AvgIpc) is 2.25. The van der Waals surface area contributed by atoms with Crippen molar-refractivity contribution < 1.29 is 9.18 Å². The minimum absolute atomic E-state index is 0.101. The Bertz CT molecular complexity index is 401. The number of carbonyl (C=O) groups is 1. The zero-order chi connectivity index (χ0) is 13.0. The SMILES string of the molecule is CC(=O)c1cc(F)ccc1N(C)CCC(C)C. The second-order valence-corrected chi connectivity index (χ2v) is 4.82. The van der Waals surface area contributed by atoms with E-state index in [2.05, 4.69) is 13.8 Å². The van der Waals surface area contributed by atoms with Crippen LogP contribution in [-0.2, 0) is 0 Å². The van der Waals surface area contributed by atoms with Gasteiger partial charge in [0.1, 0.15) is 5.82 Å². The number of rotatable bonds is 5. The van der Waals surface area contributed by atoms with Crippen molar-refractivity contribution in [2.45, 2.75) is 27.2 Å². The van der Waals surface area contributed by atoms with Crippen LogP contribution in [0.25, 0.3) is 0 Å². The van der Waals surface area contributed by atoms with Gasteiger partial charge in [-0.3, -0.25) is 4.79 Å². The molecule has 0 N–H and O–H groups in total. The third-order valence-corrected chi connectivity index (χ3v) is 2.79. The number of benzene rings is 1. The van der Waals surface area contributed by atoms with Crippen molar-refractivity contribution in [1.29, 1.82) is 0 Å². The van der Waals surface area contributed by atoms with Crippen molar-refractivity contribution in [3.63, 3.8) is 0 Å². The van der Waals surface area contributed by atoms with Crippen LogP contribution in [0.1, 0.15) is 37.6 Å². The summed E-state index contributed by atoms with van der Waals surface area (Å²) in [6.45, 7) is 6.65. The second kappa shape index (κ2) is 5.80. The Morgan fingerprint density at radius 3 is 2.59 bits per heavy atom. The smallest absolute Gasteiger partial charge is 0.161 e. The predicted molar refractivity (Wildman–Crippen MR) is 69.1 cm³/mol. The number of Topliss-reactive ketones (excluding diaryl/α,β-unsaturated/α-hetero) is 1. The molecule has 0 aliphatic heterocycles. The third kappa shape index (κ3) is 3.84. The molecule has 0 aliphatic carbocycles. The van der Waals surface area contributed by atoms with Crippen LogP contribution in [0.3, 0.4) is 0 Å². The maximum Gasteiger partial charge on any atom is 0.161 e. The first-order chi connectivity index (χ1) is 7.91. The van der Waals surface area contributed by atoms with E-state index in [-0.39, 0.29) is 11.6 Å². The average molecular weight is 237 g/mol. The third-order valence-electron chi connectivity index (χ3n) is 2.79. The van der Waals surface area contributed by atoms with Crippen LogP contribution in [0.5, 0.6) is 0 Å². The van der Waals surface area contributed by atoms with E-state index < -0.39 is 0 Å². The summed E-state index contributed by atoms with van der Waals surface area (Å²) in [6.07, 6.45) is 1.05. The van der Waals surface area contributed by atoms with Gasteiger partial charge in [-0.25, -0.2) is 4.39 Å². The van der Waals surface area contributed by atoms with Gasteiger partial charge in [0.25, 0.3) is 0 Å². The van der Waals surface area contributed by atoms with Crippen LogP contribution in [0, 0.1) is 11.7 Å². The van der Waals surface area contributed by atoms with Crippen molar-refractivity contribution in [2.75, 3.05) is 18.5 Å². The van der Waals surface area contributed by atoms with E-state index in [1.807, 2.05) is 11.9 Å². The van der Waals surface area contributed by atoms with Crippen molar-refractivity contribution in [2.24, 2.45) is 5.92 Å². The summed E-state index contributed by atoms with van der Waals surface area (Å²) in [4.78, 5) is 13.5. The molecule has 94 valence electrons. The van der Waals surface area contributed by atoms with Crippen LogP contribution >= 0.6 is 0 Å². The minimum Gasteiger partial charge on any atom is -0.374 e. The highest BCUT2D eigenvalue weighted by atomic mass is 19.1. The highest BCUT2D eigenvalue weighted by Gasteiger charge is 2.12. The van der Waals surface area contributed by atoms with Gasteiger partial charge in [0.05, 0.1) is 0 Å². The van der Waals surface area contributed by atoms with Crippen LogP contribution in [0.2, 0.25) is 0 Å². The molecule has 2 nitrogen and oxygen atoms in total. The standard InChI is InChI=1S/C14H20FNO/c1-10(2)7-8-16(4)14-6-5-12(15)9-13(14)11(3)17/h5-6,9-10H,7-8H2,1-4H3. The quantitative estimate of drug-likeness (QED) is 0.730. The Morgan fingerprint density at radius 1 is 1.41 bits per heavy atom. The number of hydrogen-bond acceptors (Lipinski definition) is 2. The lowest BCUT2D eigenvalue weighted by Crippen LogP contribution is -2.22. The maximum atomic E-state index is 13.1. The van der Waals surface area contributed by atoms with Crippen LogP contribution in [-0.4, -0.2) is 19.4 Å². The topological polar surface area (TPSA) is 20.3 Å². The molecule has 0 unspecified atom stereocenters. The number of anilines is 1. The largest absolute Gasteiger partial charge is 0.374 e. The molecule has 17 heavy (non-hydrogen) atoms. The molecule has 0 atom stereocenters. The van der Waals surface area contributed by atoms with Gasteiger partial charge < -0.3 is 4.90 Å². The molecule has 3 heteroatoms. The molecular formula is C14H20FNO. The van der Waals surface area contributed by atoms with Crippen LogP contribution in [0.4, 0.5) is 10.1 Å². The van der Waals surface area contributed by atoms with E-state index in [1.54, 1.807) is 6.07 Å². The molecule has 0 radical (unpaired) electrons. The first kappa shape index (κ1) is 13.7. The van der Waals surface area contributed by atoms with E-state index in [9.17, 15) is 9.18 Å². The Morgan fingerprint density at radius 2 is 2.06 bits per heavy atom. The van der Waals surface area contributed by atoms with Gasteiger partial charge >= 0.3 is 0 Å². The zero-order valence-corrected chi connectivity index (χ0v) is 11.0. The van der Waals surface area contributed by atoms with Gasteiger partial charge in [0, 0.05) is 24.8 Å². The Hall–Kier alpha value is -1.38. The molecule has 1 rings (SSSR count). The summed E-state index contributed by atoms with van der Waals surface area (Å²) >= 11 is 0. The van der Waals surface area contributed by atoms with E-state index in [0.29, 0.717) is 11.5 Å². The minimum atomic E-state index is -0.365. The monoisotopic (exact) mass is 237 g/mol. The Kier molecular flexibility index (Phi) is 4.67. The fourth-order valence-electron chi connectivity index (χ4n) is 1.70. The van der Waals surface area contributed by atoms with Gasteiger partial charge in [0.2, 0.25) is 0 Å². The van der Waals surface area contributed by atoms with Crippen molar-refractivity contribution >= 4 is 11.5 Å². The van der Waals surface area contributed by atoms with Crippen LogP contribution in [0.15, 0.2) is 18.2 Å². The molecule has 0 saturated heterocycles. The zero-order valence-electron chi connectivity index (χ0n) is 11.0. The normalized spacial score (nSPS) is 10.7. The molecule has 1 aromatic carbocycles. The lowest BCUT2D eigenvalue weighted by Gasteiger charge is -2.22. The first-order valence-electron chi connectivity index (χ1n) is 5.93. The predicted octanol–water partition coefficient (Wildman–Crippen LogP) is 3.51. The molecule has 0 aliphatic rings. The molecule has 0 aromatic heterocycles. The lowest BCUT2D eigenvalue weighted by atomic mass is 10.1. The number of hydrogen-bond donors (Lipinski definition) is 0. The highest BCUT2D eigenvalue weighted by Crippen LogP contribution is 2.22. The van der Waals surface area contributed by atoms with Gasteiger partial charge in [-0.1, -0.05) is 13.8 Å². The number of ketones is 1. The molecule has 0 amide bonds. The Labute approximate surface area is 102 Å². The van der Waals surface area contributed by atoms with Gasteiger partial charge in [-0.2, -0.15) is 0 Å². The van der Waals surface area contributed by atoms with Gasteiger partial charge in [0.15, 0.2) is 5.78 Å². The summed E-state index contributed by atoms with van der Waals surface area (Å²) in [6, 6.07) is 4.38. The summed E-state index contributed by atoms with van der Waals surface area (Å²) in [5, 5.41) is 0. The summed E-state index contributed by atoms with van der Waals surface area (Å²) < 4.78 is 13.1. The van der Waals surface area contributed by atoms with Gasteiger partial charge in [-0.15, -0.1) is 0 Å². The van der Waals surface area contributed by atoms with Crippen molar-refractivity contribution in [3.05, 3.63) is 29.6 Å². The number of halogens is 1. The summed E-state index contributed by atoms with van der Waals surface area (Å²) in [7, 11) is 1.93. The summed E-state index contributed by atoms with van der Waals surface area (Å²) in [5.74, 6) is 0.144. The van der Waals surface area contributed by atoms with Crippen molar-refractivity contribution in [1.82, 2.24) is 0 Å². The van der Waals surface area contributed by atoms with Crippen molar-refractivity contribution in [3.8, 4) is 0 Å². The molecule has 0 bridgehead atoms. The molecule has 0 spiro atoms. The lowest BCUT2D eigenvalue weighted by molar-refractivity contribution is 0.101. The number of carbonyl (C=O) groups excluding carboxylic acids is 1. The van der Waals surface area contributed by atoms with E-state index in [4.69, 9.17) is 0 Å². The van der Waals surface area contributed by atoms with Crippen LogP contribution < -0.4 is 4.90 Å². The first-order valence-corrected chi connectivity index (χ1v) is 5.93. The van der Waals surface area contributed by atoms with Gasteiger partial charge in [-0.05, 0) is 37.5 Å². The highest BCUT2D eigenvalue weighted by molar-refractivity contribution is 5.99. The van der Waals surface area contributed by atoms with E-state index >= 15 is 0 Å². The maximum absolute atomic E-state index is 13.1. The number of nitrogens with zero attached hydrogens (tertiary/aromatic N) is 1.